The minimum Gasteiger partial charge on any atom is -0.448 e. The number of aliphatic hydroxyl groups is 1. The first-order valence-electron chi connectivity index (χ1n) is 11.7. The lowest BCUT2D eigenvalue weighted by atomic mass is 10.1. The molecule has 0 saturated carbocycles. The molecule has 3 aromatic carbocycles. The minimum absolute atomic E-state index is 0.00112. The van der Waals surface area contributed by atoms with Gasteiger partial charge in [-0.1, -0.05) is 42.8 Å². The van der Waals surface area contributed by atoms with Gasteiger partial charge in [-0.2, -0.15) is 0 Å². The maximum Gasteiger partial charge on any atom is 0.421 e. The van der Waals surface area contributed by atoms with Crippen LogP contribution in [0.5, 0.6) is 0 Å². The largest absolute Gasteiger partial charge is 0.448 e. The van der Waals surface area contributed by atoms with E-state index in [1.54, 1.807) is 19.1 Å². The highest BCUT2D eigenvalue weighted by molar-refractivity contribution is 7.90. The number of aryl methyl sites for hydroxylation is 2. The zero-order valence-electron chi connectivity index (χ0n) is 20.4. The second-order valence-corrected chi connectivity index (χ2v) is 10.3. The summed E-state index contributed by atoms with van der Waals surface area (Å²) in [6, 6.07) is 19.8. The third-order valence-corrected chi connectivity index (χ3v) is 7.24. The highest BCUT2D eigenvalue weighted by Crippen LogP contribution is 2.25. The Morgan fingerprint density at radius 3 is 2.42 bits per heavy atom. The van der Waals surface area contributed by atoms with Gasteiger partial charge < -0.3 is 9.84 Å². The predicted molar refractivity (Wildman–Crippen MR) is 138 cm³/mol. The lowest BCUT2D eigenvalue weighted by Crippen LogP contribution is -2.31. The molecule has 0 bridgehead atoms. The smallest absolute Gasteiger partial charge is 0.421 e. The second kappa shape index (κ2) is 10.5. The van der Waals surface area contributed by atoms with E-state index in [0.717, 1.165) is 45.7 Å². The van der Waals surface area contributed by atoms with Crippen LogP contribution < -0.4 is 4.72 Å². The Morgan fingerprint density at radius 1 is 1.08 bits per heavy atom. The van der Waals surface area contributed by atoms with Gasteiger partial charge in [-0.05, 0) is 61.4 Å². The molecule has 0 spiro atoms. The van der Waals surface area contributed by atoms with E-state index in [0.29, 0.717) is 6.42 Å². The molecule has 9 heteroatoms. The maximum absolute atomic E-state index is 12.3. The Morgan fingerprint density at radius 2 is 1.78 bits per heavy atom. The monoisotopic (exact) mass is 507 g/mol. The van der Waals surface area contributed by atoms with Crippen LogP contribution in [0.4, 0.5) is 4.79 Å². The molecule has 0 saturated heterocycles. The Labute approximate surface area is 210 Å². The van der Waals surface area contributed by atoms with Gasteiger partial charge in [0.1, 0.15) is 5.82 Å². The third kappa shape index (κ3) is 5.58. The molecule has 1 amide bonds. The van der Waals surface area contributed by atoms with Crippen molar-refractivity contribution in [1.82, 2.24) is 14.3 Å². The second-order valence-electron chi connectivity index (χ2n) is 8.61. The number of aromatic nitrogens is 2. The van der Waals surface area contributed by atoms with E-state index in [-0.39, 0.29) is 11.5 Å². The van der Waals surface area contributed by atoms with E-state index in [1.165, 1.54) is 12.1 Å². The molecule has 0 fully saturated rings. The average Bonchev–Trinajstić information content (AvgIpc) is 3.22. The average molecular weight is 508 g/mol. The van der Waals surface area contributed by atoms with E-state index in [9.17, 15) is 18.3 Å². The number of sulfonamides is 1. The lowest BCUT2D eigenvalue weighted by Gasteiger charge is -2.11. The van der Waals surface area contributed by atoms with Crippen LogP contribution in [0.3, 0.4) is 0 Å². The van der Waals surface area contributed by atoms with Crippen LogP contribution in [0, 0.1) is 6.92 Å². The number of hydrogen-bond donors (Lipinski definition) is 2. The fourth-order valence-corrected chi connectivity index (χ4v) is 4.81. The van der Waals surface area contributed by atoms with Gasteiger partial charge in [0.15, 0.2) is 0 Å². The standard InChI is InChI=1S/C27H29N3O5S/c1-4-26-28-24-17-21(19(3)31)9-14-25(24)30(26)22-10-7-20(8-11-22)15-16-35-27(32)29-36(33,34)23-12-5-18(2)6-13-23/h5-14,17,19,31H,4,15-16H2,1-3H3,(H,29,32). The van der Waals surface area contributed by atoms with Crippen LogP contribution in [0.1, 0.15) is 42.5 Å². The molecule has 36 heavy (non-hydrogen) atoms. The van der Waals surface area contributed by atoms with Gasteiger partial charge in [0.25, 0.3) is 10.0 Å². The van der Waals surface area contributed by atoms with Gasteiger partial charge in [-0.3, -0.25) is 4.57 Å². The fraction of sp³-hybridized carbons (Fsp3) is 0.259. The van der Waals surface area contributed by atoms with E-state index in [4.69, 9.17) is 9.72 Å². The molecule has 0 aliphatic rings. The summed E-state index contributed by atoms with van der Waals surface area (Å²) >= 11 is 0. The highest BCUT2D eigenvalue weighted by Gasteiger charge is 2.18. The molecule has 2 N–H and O–H groups in total. The summed E-state index contributed by atoms with van der Waals surface area (Å²) in [5, 5.41) is 9.89. The number of carbonyl (C=O) groups excluding carboxylic acids is 1. The van der Waals surface area contributed by atoms with Crippen molar-refractivity contribution in [3.63, 3.8) is 0 Å². The summed E-state index contributed by atoms with van der Waals surface area (Å²) in [6.45, 7) is 5.65. The molecule has 0 radical (unpaired) electrons. The Kier molecular flexibility index (Phi) is 7.42. The number of amides is 1. The van der Waals surface area contributed by atoms with Gasteiger partial charge in [0.2, 0.25) is 0 Å². The molecule has 1 aromatic heterocycles. The number of carbonyl (C=O) groups is 1. The van der Waals surface area contributed by atoms with Crippen molar-refractivity contribution >= 4 is 27.1 Å². The summed E-state index contributed by atoms with van der Waals surface area (Å²) in [5.41, 5.74) is 5.41. The zero-order chi connectivity index (χ0) is 25.9. The molecule has 1 atom stereocenters. The Balaban J connectivity index is 1.40. The van der Waals surface area contributed by atoms with Crippen LogP contribution in [-0.4, -0.2) is 35.8 Å². The maximum atomic E-state index is 12.3. The van der Waals surface area contributed by atoms with Crippen LogP contribution in [0.25, 0.3) is 16.7 Å². The first kappa shape index (κ1) is 25.4. The van der Waals surface area contributed by atoms with Crippen LogP contribution >= 0.6 is 0 Å². The predicted octanol–water partition coefficient (Wildman–Crippen LogP) is 4.61. The van der Waals surface area contributed by atoms with Crippen molar-refractivity contribution in [3.8, 4) is 5.69 Å². The van der Waals surface area contributed by atoms with E-state index in [2.05, 4.69) is 4.57 Å². The summed E-state index contributed by atoms with van der Waals surface area (Å²) in [7, 11) is -3.98. The third-order valence-electron chi connectivity index (χ3n) is 5.91. The SMILES string of the molecule is CCc1nc2cc(C(C)O)ccc2n1-c1ccc(CCOC(=O)NS(=O)(=O)c2ccc(C)cc2)cc1. The summed E-state index contributed by atoms with van der Waals surface area (Å²) < 4.78 is 33.7. The van der Waals surface area contributed by atoms with Gasteiger partial charge in [-0.15, -0.1) is 0 Å². The number of rotatable bonds is 8. The van der Waals surface area contributed by atoms with E-state index in [1.807, 2.05) is 61.0 Å². The number of benzene rings is 3. The van der Waals surface area contributed by atoms with Crippen molar-refractivity contribution in [2.75, 3.05) is 6.61 Å². The summed E-state index contributed by atoms with van der Waals surface area (Å²) in [5.74, 6) is 0.912. The molecular formula is C27H29N3O5S. The van der Waals surface area contributed by atoms with Gasteiger partial charge >= 0.3 is 6.09 Å². The zero-order valence-corrected chi connectivity index (χ0v) is 21.2. The number of ether oxygens (including phenoxy) is 1. The molecule has 0 aliphatic carbocycles. The number of fused-ring (bicyclic) bond motifs is 1. The van der Waals surface area contributed by atoms with Crippen molar-refractivity contribution in [1.29, 1.82) is 0 Å². The summed E-state index contributed by atoms with van der Waals surface area (Å²) in [4.78, 5) is 16.8. The first-order chi connectivity index (χ1) is 17.2. The number of hydrogen-bond acceptors (Lipinski definition) is 6. The number of nitrogens with one attached hydrogen (secondary N) is 1. The minimum atomic E-state index is -3.98. The summed E-state index contributed by atoms with van der Waals surface area (Å²) in [6.07, 6.45) is -0.395. The number of aliphatic hydroxyl groups excluding tert-OH is 1. The molecular weight excluding hydrogens is 478 g/mol. The van der Waals surface area contributed by atoms with Crippen LogP contribution in [0.2, 0.25) is 0 Å². The van der Waals surface area contributed by atoms with Crippen LogP contribution in [0.15, 0.2) is 71.6 Å². The van der Waals surface area contributed by atoms with Crippen molar-refractivity contribution in [2.45, 2.75) is 44.6 Å². The molecule has 4 rings (SSSR count). The van der Waals surface area contributed by atoms with Crippen molar-refractivity contribution in [2.24, 2.45) is 0 Å². The molecule has 4 aromatic rings. The van der Waals surface area contributed by atoms with E-state index >= 15 is 0 Å². The van der Waals surface area contributed by atoms with Gasteiger partial charge in [0.05, 0.1) is 28.6 Å². The Bertz CT molecular complexity index is 1470. The fourth-order valence-electron chi connectivity index (χ4n) is 3.92. The molecule has 1 unspecified atom stereocenters. The quantitative estimate of drug-likeness (QED) is 0.360. The molecule has 1 heterocycles. The molecule has 188 valence electrons. The van der Waals surface area contributed by atoms with Gasteiger partial charge in [-0.25, -0.2) is 22.9 Å². The van der Waals surface area contributed by atoms with Crippen LogP contribution in [-0.2, 0) is 27.6 Å². The van der Waals surface area contributed by atoms with Gasteiger partial charge in [0, 0.05) is 18.5 Å². The molecule has 8 nitrogen and oxygen atoms in total. The molecule has 0 aliphatic heterocycles. The topological polar surface area (TPSA) is 111 Å². The highest BCUT2D eigenvalue weighted by atomic mass is 32.2. The lowest BCUT2D eigenvalue weighted by molar-refractivity contribution is 0.154. The van der Waals surface area contributed by atoms with Crippen molar-refractivity contribution in [3.05, 3.63) is 89.2 Å². The normalized spacial score (nSPS) is 12.4. The Hall–Kier alpha value is -3.69. The number of nitrogens with zero attached hydrogens (tertiary/aromatic N) is 2. The van der Waals surface area contributed by atoms with E-state index < -0.39 is 22.2 Å². The first-order valence-corrected chi connectivity index (χ1v) is 13.2. The number of imidazole rings is 1. The van der Waals surface area contributed by atoms with Crippen molar-refractivity contribution < 1.29 is 23.1 Å².